The van der Waals surface area contributed by atoms with Gasteiger partial charge in [0.25, 0.3) is 0 Å². The van der Waals surface area contributed by atoms with E-state index in [9.17, 15) is 9.90 Å². The number of aromatic nitrogens is 1. The molecule has 1 atom stereocenters. The van der Waals surface area contributed by atoms with Gasteiger partial charge in [0.1, 0.15) is 5.75 Å². The van der Waals surface area contributed by atoms with Crippen LogP contribution in [0.1, 0.15) is 17.4 Å². The van der Waals surface area contributed by atoms with Crippen molar-refractivity contribution < 1.29 is 9.84 Å². The van der Waals surface area contributed by atoms with E-state index in [4.69, 9.17) is 4.74 Å². The van der Waals surface area contributed by atoms with Crippen molar-refractivity contribution in [2.75, 3.05) is 13.7 Å². The number of methoxy groups -OCH3 is 1. The van der Waals surface area contributed by atoms with Crippen molar-refractivity contribution in [3.8, 4) is 5.75 Å². The Balaban J connectivity index is 1.86. The van der Waals surface area contributed by atoms with Gasteiger partial charge in [0, 0.05) is 24.2 Å². The van der Waals surface area contributed by atoms with E-state index in [-0.39, 0.29) is 4.87 Å². The van der Waals surface area contributed by atoms with Gasteiger partial charge in [-0.25, -0.2) is 0 Å². The quantitative estimate of drug-likeness (QED) is 0.745. The minimum atomic E-state index is -0.611. The van der Waals surface area contributed by atoms with Gasteiger partial charge in [-0.05, 0) is 17.7 Å². The highest BCUT2D eigenvalue weighted by Crippen LogP contribution is 2.18. The van der Waals surface area contributed by atoms with Gasteiger partial charge in [-0.2, -0.15) is 0 Å². The molecule has 1 heterocycles. The van der Waals surface area contributed by atoms with E-state index in [0.717, 1.165) is 28.3 Å². The second-order valence-corrected chi connectivity index (χ2v) is 4.94. The molecule has 19 heavy (non-hydrogen) atoms. The van der Waals surface area contributed by atoms with Crippen molar-refractivity contribution in [1.82, 2.24) is 10.3 Å². The fraction of sp³-hybridized carbons (Fsp3) is 0.308. The molecule has 0 amide bonds. The molecule has 1 aromatic heterocycles. The fourth-order valence-electron chi connectivity index (χ4n) is 1.71. The fourth-order valence-corrected chi connectivity index (χ4v) is 2.29. The first-order chi connectivity index (χ1) is 9.19. The molecule has 6 heteroatoms. The first kappa shape index (κ1) is 13.8. The number of aromatic amines is 1. The van der Waals surface area contributed by atoms with Gasteiger partial charge in [-0.3, -0.25) is 4.79 Å². The van der Waals surface area contributed by atoms with E-state index in [1.807, 2.05) is 18.2 Å². The maximum Gasteiger partial charge on any atom is 0.304 e. The molecule has 2 rings (SSSR count). The van der Waals surface area contributed by atoms with Crippen LogP contribution in [0.25, 0.3) is 0 Å². The second kappa shape index (κ2) is 6.51. The van der Waals surface area contributed by atoms with Gasteiger partial charge < -0.3 is 20.1 Å². The standard InChI is InChI=1S/C13H16N2O3S/c1-18-11-4-2-3-9(5-11)12(16)7-14-6-10-8-19-13(17)15-10/h2-5,8,12,14,16H,6-7H2,1H3,(H,15,17). The number of hydrogen-bond donors (Lipinski definition) is 3. The number of benzene rings is 1. The van der Waals surface area contributed by atoms with Gasteiger partial charge in [0.2, 0.25) is 0 Å². The Morgan fingerprint density at radius 1 is 1.53 bits per heavy atom. The summed E-state index contributed by atoms with van der Waals surface area (Å²) in [4.78, 5) is 13.6. The molecule has 0 radical (unpaired) electrons. The molecule has 102 valence electrons. The highest BCUT2D eigenvalue weighted by Gasteiger charge is 2.08. The summed E-state index contributed by atoms with van der Waals surface area (Å²) < 4.78 is 5.11. The largest absolute Gasteiger partial charge is 0.497 e. The lowest BCUT2D eigenvalue weighted by atomic mass is 10.1. The molecule has 0 bridgehead atoms. The number of rotatable bonds is 6. The SMILES string of the molecule is COc1cccc(C(O)CNCc2csc(=O)[nH]2)c1. The molecule has 0 aliphatic heterocycles. The first-order valence-electron chi connectivity index (χ1n) is 5.88. The Hall–Kier alpha value is -1.63. The number of aliphatic hydroxyl groups is 1. The van der Waals surface area contributed by atoms with Crippen molar-refractivity contribution in [3.05, 3.63) is 50.6 Å². The maximum absolute atomic E-state index is 11.0. The van der Waals surface area contributed by atoms with Crippen molar-refractivity contribution in [2.45, 2.75) is 12.6 Å². The molecule has 3 N–H and O–H groups in total. The molecule has 0 spiro atoms. The molecule has 0 aliphatic carbocycles. The van der Waals surface area contributed by atoms with Crippen LogP contribution in [-0.2, 0) is 6.54 Å². The van der Waals surface area contributed by atoms with Crippen LogP contribution in [0.15, 0.2) is 34.4 Å². The van der Waals surface area contributed by atoms with E-state index >= 15 is 0 Å². The Morgan fingerprint density at radius 3 is 3.05 bits per heavy atom. The lowest BCUT2D eigenvalue weighted by Gasteiger charge is -2.12. The van der Waals surface area contributed by atoms with Crippen molar-refractivity contribution in [2.24, 2.45) is 0 Å². The average Bonchev–Trinajstić information content (AvgIpc) is 2.84. The molecular weight excluding hydrogens is 264 g/mol. The van der Waals surface area contributed by atoms with Gasteiger partial charge in [-0.15, -0.1) is 0 Å². The van der Waals surface area contributed by atoms with Crippen molar-refractivity contribution in [1.29, 1.82) is 0 Å². The predicted molar refractivity (Wildman–Crippen MR) is 74.6 cm³/mol. The number of H-pyrrole nitrogens is 1. The minimum Gasteiger partial charge on any atom is -0.497 e. The number of thiazole rings is 1. The highest BCUT2D eigenvalue weighted by molar-refractivity contribution is 7.07. The van der Waals surface area contributed by atoms with E-state index in [2.05, 4.69) is 10.3 Å². The summed E-state index contributed by atoms with van der Waals surface area (Å²) in [5.74, 6) is 0.721. The molecule has 1 aromatic carbocycles. The molecule has 0 fully saturated rings. The van der Waals surface area contributed by atoms with Crippen LogP contribution >= 0.6 is 11.3 Å². The molecule has 5 nitrogen and oxygen atoms in total. The van der Waals surface area contributed by atoms with Crippen molar-refractivity contribution >= 4 is 11.3 Å². The summed E-state index contributed by atoms with van der Waals surface area (Å²) in [5, 5.41) is 14.9. The molecule has 1 unspecified atom stereocenters. The van der Waals surface area contributed by atoms with E-state index < -0.39 is 6.10 Å². The summed E-state index contributed by atoms with van der Waals surface area (Å²) in [6.07, 6.45) is -0.611. The molecule has 0 saturated heterocycles. The summed E-state index contributed by atoms with van der Waals surface area (Å²) >= 11 is 1.13. The molecule has 0 aliphatic rings. The van der Waals surface area contributed by atoms with Gasteiger partial charge in [-0.1, -0.05) is 23.5 Å². The molecular formula is C13H16N2O3S. The number of ether oxygens (including phenoxy) is 1. The topological polar surface area (TPSA) is 74.3 Å². The number of hydrogen-bond acceptors (Lipinski definition) is 5. The molecule has 2 aromatic rings. The van der Waals surface area contributed by atoms with E-state index in [1.165, 1.54) is 0 Å². The van der Waals surface area contributed by atoms with Gasteiger partial charge in [0.15, 0.2) is 0 Å². The summed E-state index contributed by atoms with van der Waals surface area (Å²) in [7, 11) is 1.59. The third kappa shape index (κ3) is 3.92. The van der Waals surface area contributed by atoms with Crippen LogP contribution in [0, 0.1) is 0 Å². The smallest absolute Gasteiger partial charge is 0.304 e. The Kier molecular flexibility index (Phi) is 4.73. The second-order valence-electron chi connectivity index (χ2n) is 4.10. The van der Waals surface area contributed by atoms with E-state index in [0.29, 0.717) is 13.1 Å². The van der Waals surface area contributed by atoms with Gasteiger partial charge in [0.05, 0.1) is 13.2 Å². The van der Waals surface area contributed by atoms with Crippen LogP contribution in [0.5, 0.6) is 5.75 Å². The zero-order valence-corrected chi connectivity index (χ0v) is 11.4. The van der Waals surface area contributed by atoms with Crippen LogP contribution in [0.4, 0.5) is 0 Å². The minimum absolute atomic E-state index is 0.0647. The number of nitrogens with one attached hydrogen (secondary N) is 2. The summed E-state index contributed by atoms with van der Waals surface area (Å²) in [5.41, 5.74) is 1.62. The Bertz CT molecular complexity index is 579. The van der Waals surface area contributed by atoms with E-state index in [1.54, 1.807) is 18.6 Å². The summed E-state index contributed by atoms with van der Waals surface area (Å²) in [6.45, 7) is 0.935. The molecule has 0 saturated carbocycles. The predicted octanol–water partition coefficient (Wildman–Crippen LogP) is 1.27. The third-order valence-electron chi connectivity index (χ3n) is 2.70. The van der Waals surface area contributed by atoms with Gasteiger partial charge >= 0.3 is 4.87 Å². The number of aliphatic hydroxyl groups excluding tert-OH is 1. The monoisotopic (exact) mass is 280 g/mol. The third-order valence-corrected chi connectivity index (χ3v) is 3.42. The highest BCUT2D eigenvalue weighted by atomic mass is 32.1. The maximum atomic E-state index is 11.0. The van der Waals surface area contributed by atoms with Crippen LogP contribution in [-0.4, -0.2) is 23.7 Å². The normalized spacial score (nSPS) is 12.3. The Labute approximate surface area is 114 Å². The first-order valence-corrected chi connectivity index (χ1v) is 6.76. The van der Waals surface area contributed by atoms with Crippen LogP contribution in [0.2, 0.25) is 0 Å². The van der Waals surface area contributed by atoms with Crippen molar-refractivity contribution in [3.63, 3.8) is 0 Å². The van der Waals surface area contributed by atoms with Crippen LogP contribution < -0.4 is 14.9 Å². The zero-order valence-electron chi connectivity index (χ0n) is 10.6. The Morgan fingerprint density at radius 2 is 2.37 bits per heavy atom. The lowest BCUT2D eigenvalue weighted by molar-refractivity contribution is 0.174. The summed E-state index contributed by atoms with van der Waals surface area (Å²) in [6, 6.07) is 7.33. The zero-order chi connectivity index (χ0) is 13.7. The lowest BCUT2D eigenvalue weighted by Crippen LogP contribution is -2.21. The average molecular weight is 280 g/mol. The van der Waals surface area contributed by atoms with Crippen LogP contribution in [0.3, 0.4) is 0 Å².